The molecule has 0 radical (unpaired) electrons. The number of carbonyl (C=O) groups is 1. The van der Waals surface area contributed by atoms with Crippen molar-refractivity contribution in [3.63, 3.8) is 0 Å². The first kappa shape index (κ1) is 15.4. The van der Waals surface area contributed by atoms with Crippen molar-refractivity contribution in [2.24, 2.45) is 5.92 Å². The second-order valence-corrected chi connectivity index (χ2v) is 7.48. The van der Waals surface area contributed by atoms with E-state index in [0.29, 0.717) is 23.0 Å². The van der Waals surface area contributed by atoms with Gasteiger partial charge in [-0.05, 0) is 44.6 Å². The highest BCUT2D eigenvalue weighted by Crippen LogP contribution is 2.42. The SMILES string of the molecule is O=C(Nc1nnc(C2CC2)s1)C1CCC(Nc2ncccn2)CC1. The van der Waals surface area contributed by atoms with E-state index in [4.69, 9.17) is 0 Å². The van der Waals surface area contributed by atoms with Gasteiger partial charge in [0.15, 0.2) is 0 Å². The van der Waals surface area contributed by atoms with Gasteiger partial charge < -0.3 is 10.6 Å². The summed E-state index contributed by atoms with van der Waals surface area (Å²) in [5, 5.41) is 16.2. The van der Waals surface area contributed by atoms with Crippen LogP contribution in [0.5, 0.6) is 0 Å². The Morgan fingerprint density at radius 2 is 1.79 bits per heavy atom. The van der Waals surface area contributed by atoms with E-state index in [1.165, 1.54) is 24.2 Å². The minimum atomic E-state index is 0.0491. The van der Waals surface area contributed by atoms with E-state index in [1.807, 2.05) is 0 Å². The molecule has 2 aromatic rings. The van der Waals surface area contributed by atoms with Gasteiger partial charge >= 0.3 is 0 Å². The first-order valence-electron chi connectivity index (χ1n) is 8.46. The van der Waals surface area contributed by atoms with Crippen LogP contribution in [-0.4, -0.2) is 32.1 Å². The molecule has 2 aromatic heterocycles. The number of amides is 1. The number of anilines is 2. The van der Waals surface area contributed by atoms with Crippen LogP contribution in [0.15, 0.2) is 18.5 Å². The van der Waals surface area contributed by atoms with E-state index in [9.17, 15) is 4.79 Å². The molecule has 0 saturated heterocycles. The van der Waals surface area contributed by atoms with Crippen LogP contribution < -0.4 is 10.6 Å². The van der Waals surface area contributed by atoms with Crippen molar-refractivity contribution in [1.82, 2.24) is 20.2 Å². The third-order valence-electron chi connectivity index (χ3n) is 4.59. The van der Waals surface area contributed by atoms with Gasteiger partial charge in [0, 0.05) is 30.3 Å². The molecule has 0 spiro atoms. The first-order chi connectivity index (χ1) is 11.8. The Labute approximate surface area is 144 Å². The molecule has 24 heavy (non-hydrogen) atoms. The Bertz CT molecular complexity index is 694. The normalized spacial score (nSPS) is 23.7. The maximum absolute atomic E-state index is 12.4. The van der Waals surface area contributed by atoms with E-state index in [2.05, 4.69) is 30.8 Å². The molecule has 0 unspecified atom stereocenters. The summed E-state index contributed by atoms with van der Waals surface area (Å²) in [5.74, 6) is 1.36. The number of carbonyl (C=O) groups excluding carboxylic acids is 1. The van der Waals surface area contributed by atoms with Gasteiger partial charge in [0.25, 0.3) is 0 Å². The summed E-state index contributed by atoms with van der Waals surface area (Å²) in [6, 6.07) is 2.13. The Morgan fingerprint density at radius 1 is 1.04 bits per heavy atom. The van der Waals surface area contributed by atoms with Gasteiger partial charge in [-0.1, -0.05) is 11.3 Å². The van der Waals surface area contributed by atoms with Crippen molar-refractivity contribution >= 4 is 28.3 Å². The van der Waals surface area contributed by atoms with Gasteiger partial charge in [0.2, 0.25) is 17.0 Å². The molecule has 2 aliphatic carbocycles. The zero-order chi connectivity index (χ0) is 16.4. The summed E-state index contributed by atoms with van der Waals surface area (Å²) >= 11 is 1.52. The number of aromatic nitrogens is 4. The van der Waals surface area contributed by atoms with Crippen molar-refractivity contribution in [3.8, 4) is 0 Å². The third-order valence-corrected chi connectivity index (χ3v) is 5.60. The van der Waals surface area contributed by atoms with Crippen LogP contribution in [0.2, 0.25) is 0 Å². The predicted molar refractivity (Wildman–Crippen MR) is 91.9 cm³/mol. The van der Waals surface area contributed by atoms with Crippen molar-refractivity contribution in [2.75, 3.05) is 10.6 Å². The Morgan fingerprint density at radius 3 is 2.50 bits per heavy atom. The molecule has 0 aliphatic heterocycles. The highest BCUT2D eigenvalue weighted by atomic mass is 32.1. The second-order valence-electron chi connectivity index (χ2n) is 6.47. The van der Waals surface area contributed by atoms with E-state index < -0.39 is 0 Å². The number of nitrogens with one attached hydrogen (secondary N) is 2. The molecule has 2 saturated carbocycles. The summed E-state index contributed by atoms with van der Waals surface area (Å²) < 4.78 is 0. The Hall–Kier alpha value is -2.09. The highest BCUT2D eigenvalue weighted by molar-refractivity contribution is 7.15. The minimum Gasteiger partial charge on any atom is -0.351 e. The Kier molecular flexibility index (Phi) is 4.38. The molecule has 1 amide bonds. The van der Waals surface area contributed by atoms with Gasteiger partial charge in [-0.3, -0.25) is 4.79 Å². The fraction of sp³-hybridized carbons (Fsp3) is 0.562. The maximum atomic E-state index is 12.4. The lowest BCUT2D eigenvalue weighted by molar-refractivity contribution is -0.120. The number of nitrogens with zero attached hydrogens (tertiary/aromatic N) is 4. The molecule has 2 fully saturated rings. The predicted octanol–water partition coefficient (Wildman–Crippen LogP) is 2.81. The van der Waals surface area contributed by atoms with Gasteiger partial charge in [-0.2, -0.15) is 0 Å². The lowest BCUT2D eigenvalue weighted by Crippen LogP contribution is -2.32. The fourth-order valence-corrected chi connectivity index (χ4v) is 3.96. The van der Waals surface area contributed by atoms with Crippen LogP contribution in [-0.2, 0) is 4.79 Å². The fourth-order valence-electron chi connectivity index (χ4n) is 3.04. The molecule has 2 aliphatic rings. The van der Waals surface area contributed by atoms with Crippen LogP contribution in [0.1, 0.15) is 49.5 Å². The van der Waals surface area contributed by atoms with Crippen molar-refractivity contribution in [2.45, 2.75) is 50.5 Å². The monoisotopic (exact) mass is 344 g/mol. The molecule has 4 rings (SSSR count). The number of hydrogen-bond donors (Lipinski definition) is 2. The van der Waals surface area contributed by atoms with Gasteiger partial charge in [-0.25, -0.2) is 9.97 Å². The number of hydrogen-bond acceptors (Lipinski definition) is 7. The van der Waals surface area contributed by atoms with Crippen molar-refractivity contribution in [3.05, 3.63) is 23.5 Å². The molecule has 0 bridgehead atoms. The smallest absolute Gasteiger partial charge is 0.229 e. The van der Waals surface area contributed by atoms with E-state index in [-0.39, 0.29) is 11.8 Å². The summed E-state index contributed by atoms with van der Waals surface area (Å²) in [5.41, 5.74) is 0. The van der Waals surface area contributed by atoms with E-state index in [1.54, 1.807) is 18.5 Å². The van der Waals surface area contributed by atoms with Crippen LogP contribution in [0.25, 0.3) is 0 Å². The highest BCUT2D eigenvalue weighted by Gasteiger charge is 2.29. The third kappa shape index (κ3) is 3.69. The van der Waals surface area contributed by atoms with E-state index in [0.717, 1.165) is 30.7 Å². The zero-order valence-electron chi connectivity index (χ0n) is 13.3. The number of rotatable bonds is 5. The average Bonchev–Trinajstić information content (AvgIpc) is 3.36. The summed E-state index contributed by atoms with van der Waals surface area (Å²) in [7, 11) is 0. The standard InChI is InChI=1S/C16H20N6OS/c23-13(20-16-22-21-14(24-16)11-2-3-11)10-4-6-12(7-5-10)19-15-17-8-1-9-18-15/h1,8-12H,2-7H2,(H,17,18,19)(H,20,22,23). The molecule has 7 nitrogen and oxygen atoms in total. The summed E-state index contributed by atoms with van der Waals surface area (Å²) in [4.78, 5) is 20.8. The molecule has 8 heteroatoms. The Balaban J connectivity index is 1.26. The zero-order valence-corrected chi connectivity index (χ0v) is 14.1. The van der Waals surface area contributed by atoms with Crippen LogP contribution in [0.3, 0.4) is 0 Å². The quantitative estimate of drug-likeness (QED) is 0.866. The van der Waals surface area contributed by atoms with Gasteiger partial charge in [0.1, 0.15) is 5.01 Å². The van der Waals surface area contributed by atoms with Crippen LogP contribution in [0, 0.1) is 5.92 Å². The lowest BCUT2D eigenvalue weighted by Gasteiger charge is -2.28. The first-order valence-corrected chi connectivity index (χ1v) is 9.27. The molecular formula is C16H20N6OS. The van der Waals surface area contributed by atoms with Gasteiger partial charge in [0.05, 0.1) is 0 Å². The van der Waals surface area contributed by atoms with Crippen molar-refractivity contribution < 1.29 is 4.79 Å². The maximum Gasteiger partial charge on any atom is 0.229 e. The van der Waals surface area contributed by atoms with Gasteiger partial charge in [-0.15, -0.1) is 10.2 Å². The molecule has 0 atom stereocenters. The second kappa shape index (κ2) is 6.80. The average molecular weight is 344 g/mol. The summed E-state index contributed by atoms with van der Waals surface area (Å²) in [6.07, 6.45) is 9.48. The minimum absolute atomic E-state index is 0.0491. The molecule has 2 N–H and O–H groups in total. The van der Waals surface area contributed by atoms with Crippen LogP contribution >= 0.6 is 11.3 Å². The topological polar surface area (TPSA) is 92.7 Å². The largest absolute Gasteiger partial charge is 0.351 e. The molecule has 2 heterocycles. The molecule has 126 valence electrons. The van der Waals surface area contributed by atoms with Crippen LogP contribution in [0.4, 0.5) is 11.1 Å². The summed E-state index contributed by atoms with van der Waals surface area (Å²) in [6.45, 7) is 0. The molecular weight excluding hydrogens is 324 g/mol. The lowest BCUT2D eigenvalue weighted by atomic mass is 9.85. The van der Waals surface area contributed by atoms with E-state index >= 15 is 0 Å². The van der Waals surface area contributed by atoms with Crippen molar-refractivity contribution in [1.29, 1.82) is 0 Å². The molecule has 0 aromatic carbocycles.